The number of amides is 1. The van der Waals surface area contributed by atoms with Crippen molar-refractivity contribution < 1.29 is 19.1 Å². The molecule has 1 amide bonds. The molecule has 0 saturated carbocycles. The van der Waals surface area contributed by atoms with Gasteiger partial charge in [-0.1, -0.05) is 0 Å². The van der Waals surface area contributed by atoms with Crippen LogP contribution in [-0.4, -0.2) is 30.3 Å². The van der Waals surface area contributed by atoms with Crippen LogP contribution in [0.1, 0.15) is 27.2 Å². The lowest BCUT2D eigenvalue weighted by molar-refractivity contribution is -0.146. The Bertz CT molecular complexity index is 237. The molecule has 80 valence electrons. The number of Topliss-reactive ketones (excluding diaryl/α,β-unsaturated/α-hetero) is 1. The van der Waals surface area contributed by atoms with Gasteiger partial charge in [0.25, 0.3) is 0 Å². The molecule has 0 aliphatic heterocycles. The van der Waals surface area contributed by atoms with Gasteiger partial charge in [0.15, 0.2) is 5.78 Å². The Morgan fingerprint density at radius 2 is 1.93 bits per heavy atom. The first-order valence-corrected chi connectivity index (χ1v) is 4.42. The number of esters is 1. The summed E-state index contributed by atoms with van der Waals surface area (Å²) >= 11 is 0. The van der Waals surface area contributed by atoms with E-state index in [1.165, 1.54) is 6.92 Å². The maximum absolute atomic E-state index is 11.1. The molecule has 0 aliphatic rings. The average Bonchev–Trinajstić information content (AvgIpc) is 2.03. The van der Waals surface area contributed by atoms with Crippen LogP contribution in [0, 0.1) is 0 Å². The van der Waals surface area contributed by atoms with Crippen LogP contribution in [0.5, 0.6) is 0 Å². The first kappa shape index (κ1) is 12.6. The third kappa shape index (κ3) is 5.29. The zero-order valence-electron chi connectivity index (χ0n) is 8.62. The van der Waals surface area contributed by atoms with Gasteiger partial charge in [0.05, 0.1) is 12.6 Å². The topological polar surface area (TPSA) is 72.5 Å². The predicted molar refractivity (Wildman–Crippen MR) is 49.5 cm³/mol. The summed E-state index contributed by atoms with van der Waals surface area (Å²) in [6.07, 6.45) is -0.342. The third-order valence-corrected chi connectivity index (χ3v) is 1.60. The second-order valence-electron chi connectivity index (χ2n) is 2.88. The van der Waals surface area contributed by atoms with E-state index in [1.807, 2.05) is 0 Å². The number of carbonyl (C=O) groups is 3. The summed E-state index contributed by atoms with van der Waals surface area (Å²) in [4.78, 5) is 32.7. The second kappa shape index (κ2) is 6.12. The van der Waals surface area contributed by atoms with Crippen LogP contribution in [0.4, 0.5) is 0 Å². The van der Waals surface area contributed by atoms with E-state index in [9.17, 15) is 14.4 Å². The molecular weight excluding hydrogens is 186 g/mol. The Balaban J connectivity index is 3.86. The molecule has 0 saturated heterocycles. The molecule has 1 unspecified atom stereocenters. The van der Waals surface area contributed by atoms with Crippen molar-refractivity contribution in [3.05, 3.63) is 0 Å². The molecule has 1 atom stereocenters. The van der Waals surface area contributed by atoms with Crippen molar-refractivity contribution >= 4 is 17.7 Å². The van der Waals surface area contributed by atoms with E-state index in [4.69, 9.17) is 0 Å². The van der Waals surface area contributed by atoms with E-state index < -0.39 is 17.9 Å². The van der Waals surface area contributed by atoms with Gasteiger partial charge in [-0.3, -0.25) is 14.4 Å². The molecule has 14 heavy (non-hydrogen) atoms. The summed E-state index contributed by atoms with van der Waals surface area (Å²) in [5.41, 5.74) is 0. The molecule has 0 aromatic heterocycles. The van der Waals surface area contributed by atoms with Crippen LogP contribution in [0.2, 0.25) is 0 Å². The minimum absolute atomic E-state index is 0.151. The maximum Gasteiger partial charge on any atom is 0.315 e. The number of rotatable bonds is 5. The molecule has 0 fully saturated rings. The van der Waals surface area contributed by atoms with E-state index in [0.717, 1.165) is 0 Å². The zero-order valence-corrected chi connectivity index (χ0v) is 8.62. The van der Waals surface area contributed by atoms with Crippen molar-refractivity contribution in [2.75, 3.05) is 6.61 Å². The van der Waals surface area contributed by atoms with E-state index in [0.29, 0.717) is 0 Å². The average molecular weight is 201 g/mol. The first-order chi connectivity index (χ1) is 6.47. The highest BCUT2D eigenvalue weighted by Crippen LogP contribution is 1.89. The lowest BCUT2D eigenvalue weighted by atomic mass is 10.2. The quantitative estimate of drug-likeness (QED) is 0.503. The summed E-state index contributed by atoms with van der Waals surface area (Å²) in [5.74, 6) is -1.23. The first-order valence-electron chi connectivity index (χ1n) is 4.42. The van der Waals surface area contributed by atoms with Crippen molar-refractivity contribution in [3.63, 3.8) is 0 Å². The predicted octanol–water partition coefficient (Wildman–Crippen LogP) is 0.0333. The summed E-state index contributed by atoms with van der Waals surface area (Å²) in [5, 5.41) is 2.38. The molecule has 5 nitrogen and oxygen atoms in total. The Morgan fingerprint density at radius 3 is 2.36 bits per heavy atom. The lowest BCUT2D eigenvalue weighted by Crippen LogP contribution is -2.38. The molecule has 0 bridgehead atoms. The fourth-order valence-corrected chi connectivity index (χ4v) is 0.737. The zero-order chi connectivity index (χ0) is 11.1. The molecule has 0 radical (unpaired) electrons. The number of hydrogen-bond donors (Lipinski definition) is 1. The minimum Gasteiger partial charge on any atom is -0.466 e. The van der Waals surface area contributed by atoms with Crippen molar-refractivity contribution in [1.29, 1.82) is 0 Å². The number of hydrogen-bond acceptors (Lipinski definition) is 4. The van der Waals surface area contributed by atoms with Crippen LogP contribution < -0.4 is 5.32 Å². The standard InChI is InChI=1S/C9H15NO4/c1-4-14-9(13)5-8(12)10-6(2)7(3)11/h6H,4-5H2,1-3H3,(H,10,12). The van der Waals surface area contributed by atoms with E-state index >= 15 is 0 Å². The van der Waals surface area contributed by atoms with Crippen molar-refractivity contribution in [3.8, 4) is 0 Å². The highest BCUT2D eigenvalue weighted by molar-refractivity contribution is 5.96. The van der Waals surface area contributed by atoms with Crippen LogP contribution in [0.3, 0.4) is 0 Å². The smallest absolute Gasteiger partial charge is 0.315 e. The number of ether oxygens (including phenoxy) is 1. The van der Waals surface area contributed by atoms with Gasteiger partial charge in [0.2, 0.25) is 5.91 Å². The van der Waals surface area contributed by atoms with E-state index in [-0.39, 0.29) is 18.8 Å². The molecule has 1 N–H and O–H groups in total. The maximum atomic E-state index is 11.1. The number of ketones is 1. The molecule has 0 aliphatic carbocycles. The Kier molecular flexibility index (Phi) is 5.52. The van der Waals surface area contributed by atoms with Gasteiger partial charge in [-0.05, 0) is 20.8 Å². The summed E-state index contributed by atoms with van der Waals surface area (Å²) in [6.45, 7) is 4.84. The number of carbonyl (C=O) groups excluding carboxylic acids is 3. The molecule has 0 aromatic rings. The van der Waals surface area contributed by atoms with Gasteiger partial charge >= 0.3 is 5.97 Å². The highest BCUT2D eigenvalue weighted by Gasteiger charge is 2.14. The van der Waals surface area contributed by atoms with Crippen LogP contribution in [-0.2, 0) is 19.1 Å². The Morgan fingerprint density at radius 1 is 1.36 bits per heavy atom. The lowest BCUT2D eigenvalue weighted by Gasteiger charge is -2.09. The Hall–Kier alpha value is -1.39. The highest BCUT2D eigenvalue weighted by atomic mass is 16.5. The molecule has 0 spiro atoms. The Labute approximate surface area is 82.8 Å². The van der Waals surface area contributed by atoms with Gasteiger partial charge < -0.3 is 10.1 Å². The molecule has 5 heteroatoms. The largest absolute Gasteiger partial charge is 0.466 e. The fraction of sp³-hybridized carbons (Fsp3) is 0.667. The van der Waals surface area contributed by atoms with Crippen molar-refractivity contribution in [1.82, 2.24) is 5.32 Å². The van der Waals surface area contributed by atoms with E-state index in [1.54, 1.807) is 13.8 Å². The molecule has 0 aromatic carbocycles. The fourth-order valence-electron chi connectivity index (χ4n) is 0.737. The van der Waals surface area contributed by atoms with Crippen molar-refractivity contribution in [2.45, 2.75) is 33.2 Å². The van der Waals surface area contributed by atoms with Gasteiger partial charge in [-0.15, -0.1) is 0 Å². The monoisotopic (exact) mass is 201 g/mol. The van der Waals surface area contributed by atoms with Crippen LogP contribution >= 0.6 is 0 Å². The summed E-state index contributed by atoms with van der Waals surface area (Å²) < 4.78 is 4.57. The van der Waals surface area contributed by atoms with Gasteiger partial charge in [0.1, 0.15) is 6.42 Å². The van der Waals surface area contributed by atoms with Crippen molar-refractivity contribution in [2.24, 2.45) is 0 Å². The second-order valence-corrected chi connectivity index (χ2v) is 2.88. The normalized spacial score (nSPS) is 11.6. The summed E-state index contributed by atoms with van der Waals surface area (Å²) in [6, 6.07) is -0.558. The van der Waals surface area contributed by atoms with Gasteiger partial charge in [0, 0.05) is 0 Å². The van der Waals surface area contributed by atoms with E-state index in [2.05, 4.69) is 10.1 Å². The van der Waals surface area contributed by atoms with Crippen LogP contribution in [0.15, 0.2) is 0 Å². The number of nitrogens with one attached hydrogen (secondary N) is 1. The molecule has 0 rings (SSSR count). The SMILES string of the molecule is CCOC(=O)CC(=O)NC(C)C(C)=O. The summed E-state index contributed by atoms with van der Waals surface area (Å²) in [7, 11) is 0. The molecule has 0 heterocycles. The third-order valence-electron chi connectivity index (χ3n) is 1.60. The van der Waals surface area contributed by atoms with Crippen LogP contribution in [0.25, 0.3) is 0 Å². The molecular formula is C9H15NO4. The minimum atomic E-state index is -0.583. The van der Waals surface area contributed by atoms with Gasteiger partial charge in [-0.25, -0.2) is 0 Å². The van der Waals surface area contributed by atoms with Gasteiger partial charge in [-0.2, -0.15) is 0 Å².